The summed E-state index contributed by atoms with van der Waals surface area (Å²) in [6.45, 7) is 6.62. The lowest BCUT2D eigenvalue weighted by Crippen LogP contribution is -2.52. The number of hydrogen-bond donors (Lipinski definition) is 1. The Hall–Kier alpha value is -2.94. The van der Waals surface area contributed by atoms with Crippen LogP contribution in [0, 0.1) is 5.82 Å². The molecule has 0 saturated heterocycles. The molecular weight excluding hydrogens is 457 g/mol. The van der Waals surface area contributed by atoms with E-state index in [-0.39, 0.29) is 18.2 Å². The van der Waals surface area contributed by atoms with Crippen LogP contribution in [0.5, 0.6) is 0 Å². The molecule has 0 aliphatic carbocycles. The van der Waals surface area contributed by atoms with Gasteiger partial charge in [0.1, 0.15) is 18.4 Å². The van der Waals surface area contributed by atoms with Crippen LogP contribution < -0.4 is 9.62 Å². The fraction of sp³-hybridized carbons (Fsp3) is 0.440. The first kappa shape index (κ1) is 27.3. The minimum atomic E-state index is -3.80. The van der Waals surface area contributed by atoms with Crippen LogP contribution in [0.3, 0.4) is 0 Å². The Morgan fingerprint density at radius 1 is 1.03 bits per heavy atom. The molecule has 34 heavy (non-hydrogen) atoms. The van der Waals surface area contributed by atoms with Gasteiger partial charge in [0, 0.05) is 18.2 Å². The highest BCUT2D eigenvalue weighted by molar-refractivity contribution is 7.92. The van der Waals surface area contributed by atoms with Gasteiger partial charge in [0.05, 0.1) is 11.9 Å². The van der Waals surface area contributed by atoms with E-state index in [2.05, 4.69) is 5.32 Å². The predicted molar refractivity (Wildman–Crippen MR) is 132 cm³/mol. The molecule has 9 heteroatoms. The minimum Gasteiger partial charge on any atom is -0.352 e. The van der Waals surface area contributed by atoms with E-state index in [1.54, 1.807) is 37.3 Å². The van der Waals surface area contributed by atoms with Gasteiger partial charge in [-0.15, -0.1) is 0 Å². The quantitative estimate of drug-likeness (QED) is 0.521. The molecule has 2 rings (SSSR count). The van der Waals surface area contributed by atoms with E-state index in [1.165, 1.54) is 23.1 Å². The van der Waals surface area contributed by atoms with Crippen LogP contribution in [0.4, 0.5) is 10.1 Å². The molecular formula is C25H34FN3O4S. The van der Waals surface area contributed by atoms with Crippen molar-refractivity contribution in [1.82, 2.24) is 10.2 Å². The van der Waals surface area contributed by atoms with Crippen molar-refractivity contribution in [3.05, 3.63) is 65.5 Å². The Kier molecular flexibility index (Phi) is 9.61. The molecule has 0 bridgehead atoms. The Morgan fingerprint density at radius 2 is 1.65 bits per heavy atom. The van der Waals surface area contributed by atoms with Gasteiger partial charge in [0.15, 0.2) is 0 Å². The summed E-state index contributed by atoms with van der Waals surface area (Å²) in [7, 11) is -3.80. The third-order valence-electron chi connectivity index (χ3n) is 5.78. The molecule has 0 radical (unpaired) electrons. The number of aryl methyl sites for hydroxylation is 1. The lowest BCUT2D eigenvalue weighted by atomic mass is 10.1. The number of rotatable bonds is 11. The van der Waals surface area contributed by atoms with Gasteiger partial charge in [0.25, 0.3) is 0 Å². The summed E-state index contributed by atoms with van der Waals surface area (Å²) < 4.78 is 40.5. The second-order valence-electron chi connectivity index (χ2n) is 8.40. The molecule has 0 heterocycles. The van der Waals surface area contributed by atoms with Gasteiger partial charge in [-0.3, -0.25) is 13.9 Å². The SMILES string of the molecule is CCc1ccc(N(CC(=O)N(Cc2ccccc2F)[C@H](C)C(=O)N[C@H](C)CC)S(C)(=O)=O)cc1. The number of carbonyl (C=O) groups excluding carboxylic acids is 2. The van der Waals surface area contributed by atoms with E-state index in [0.717, 1.165) is 22.5 Å². The highest BCUT2D eigenvalue weighted by Crippen LogP contribution is 2.20. The van der Waals surface area contributed by atoms with E-state index in [9.17, 15) is 22.4 Å². The molecule has 0 aromatic heterocycles. The number of benzene rings is 2. The van der Waals surface area contributed by atoms with Crippen LogP contribution >= 0.6 is 0 Å². The third kappa shape index (κ3) is 7.28. The van der Waals surface area contributed by atoms with E-state index in [0.29, 0.717) is 12.1 Å². The molecule has 7 nitrogen and oxygen atoms in total. The molecule has 0 fully saturated rings. The molecule has 0 aliphatic heterocycles. The maximum atomic E-state index is 14.4. The molecule has 0 spiro atoms. The zero-order valence-electron chi connectivity index (χ0n) is 20.4. The minimum absolute atomic E-state index is 0.107. The second kappa shape index (κ2) is 12.0. The number of anilines is 1. The number of nitrogens with one attached hydrogen (secondary N) is 1. The van der Waals surface area contributed by atoms with Gasteiger partial charge in [-0.1, -0.05) is 44.2 Å². The van der Waals surface area contributed by atoms with Gasteiger partial charge in [0.2, 0.25) is 21.8 Å². The van der Waals surface area contributed by atoms with Gasteiger partial charge >= 0.3 is 0 Å². The molecule has 186 valence electrons. The van der Waals surface area contributed by atoms with Gasteiger partial charge < -0.3 is 10.2 Å². The summed E-state index contributed by atoms with van der Waals surface area (Å²) in [6.07, 6.45) is 2.51. The predicted octanol–water partition coefficient (Wildman–Crippen LogP) is 3.49. The van der Waals surface area contributed by atoms with Crippen molar-refractivity contribution >= 4 is 27.5 Å². The Bertz CT molecular complexity index is 1090. The van der Waals surface area contributed by atoms with E-state index in [4.69, 9.17) is 0 Å². The monoisotopic (exact) mass is 491 g/mol. The van der Waals surface area contributed by atoms with Crippen LogP contribution in [-0.2, 0) is 32.6 Å². The summed E-state index contributed by atoms with van der Waals surface area (Å²) >= 11 is 0. The van der Waals surface area contributed by atoms with E-state index in [1.807, 2.05) is 20.8 Å². The standard InChI is InChI=1S/C25H34FN3O4S/c1-6-18(3)27-25(31)19(4)28(16-21-10-8-9-11-23(21)26)24(30)17-29(34(5,32)33)22-14-12-20(7-2)13-15-22/h8-15,18-19H,6-7,16-17H2,1-5H3,(H,27,31)/t18-,19-/m1/s1. The van der Waals surface area contributed by atoms with Crippen LogP contribution in [0.2, 0.25) is 0 Å². The topological polar surface area (TPSA) is 86.8 Å². The van der Waals surface area contributed by atoms with Crippen molar-refractivity contribution < 1.29 is 22.4 Å². The number of nitrogens with zero attached hydrogens (tertiary/aromatic N) is 2. The Balaban J connectivity index is 2.39. The molecule has 0 aliphatic rings. The van der Waals surface area contributed by atoms with Crippen LogP contribution in [-0.4, -0.2) is 50.0 Å². The van der Waals surface area contributed by atoms with Crippen LogP contribution in [0.1, 0.15) is 45.2 Å². The van der Waals surface area contributed by atoms with Crippen molar-refractivity contribution in [2.45, 2.75) is 59.2 Å². The maximum absolute atomic E-state index is 14.4. The smallest absolute Gasteiger partial charge is 0.244 e. The summed E-state index contributed by atoms with van der Waals surface area (Å²) in [6, 6.07) is 11.8. The number of amides is 2. The molecule has 2 aromatic carbocycles. The molecule has 2 amide bonds. The summed E-state index contributed by atoms with van der Waals surface area (Å²) in [5.74, 6) is -1.51. The van der Waals surface area contributed by atoms with Crippen LogP contribution in [0.25, 0.3) is 0 Å². The molecule has 2 aromatic rings. The number of halogens is 1. The molecule has 0 saturated carbocycles. The largest absolute Gasteiger partial charge is 0.352 e. The number of sulfonamides is 1. The molecule has 2 atom stereocenters. The average molecular weight is 492 g/mol. The highest BCUT2D eigenvalue weighted by atomic mass is 32.2. The zero-order chi connectivity index (χ0) is 25.5. The maximum Gasteiger partial charge on any atom is 0.244 e. The summed E-state index contributed by atoms with van der Waals surface area (Å²) in [5.41, 5.74) is 1.60. The number of hydrogen-bond acceptors (Lipinski definition) is 4. The van der Waals surface area contributed by atoms with Crippen molar-refractivity contribution in [3.63, 3.8) is 0 Å². The van der Waals surface area contributed by atoms with Crippen molar-refractivity contribution in [2.75, 3.05) is 17.1 Å². The third-order valence-corrected chi connectivity index (χ3v) is 6.92. The fourth-order valence-electron chi connectivity index (χ4n) is 3.37. The van der Waals surface area contributed by atoms with Gasteiger partial charge in [-0.25, -0.2) is 12.8 Å². The van der Waals surface area contributed by atoms with E-state index < -0.39 is 40.2 Å². The van der Waals surface area contributed by atoms with Crippen LogP contribution in [0.15, 0.2) is 48.5 Å². The van der Waals surface area contributed by atoms with Crippen molar-refractivity contribution in [3.8, 4) is 0 Å². The fourth-order valence-corrected chi connectivity index (χ4v) is 4.22. The lowest BCUT2D eigenvalue weighted by molar-refractivity contribution is -0.139. The van der Waals surface area contributed by atoms with E-state index >= 15 is 0 Å². The average Bonchev–Trinajstić information content (AvgIpc) is 2.80. The molecule has 0 unspecified atom stereocenters. The Morgan fingerprint density at radius 3 is 2.18 bits per heavy atom. The van der Waals surface area contributed by atoms with Gasteiger partial charge in [-0.05, 0) is 50.5 Å². The first-order chi connectivity index (χ1) is 16.0. The van der Waals surface area contributed by atoms with Gasteiger partial charge in [-0.2, -0.15) is 0 Å². The lowest BCUT2D eigenvalue weighted by Gasteiger charge is -2.32. The second-order valence-corrected chi connectivity index (χ2v) is 10.3. The van der Waals surface area contributed by atoms with Crippen molar-refractivity contribution in [2.24, 2.45) is 0 Å². The highest BCUT2D eigenvalue weighted by Gasteiger charge is 2.30. The summed E-state index contributed by atoms with van der Waals surface area (Å²) in [5, 5.41) is 2.83. The number of carbonyl (C=O) groups is 2. The molecule has 1 N–H and O–H groups in total. The first-order valence-corrected chi connectivity index (χ1v) is 13.2. The summed E-state index contributed by atoms with van der Waals surface area (Å²) in [4.78, 5) is 27.5. The Labute approximate surface area is 202 Å². The first-order valence-electron chi connectivity index (χ1n) is 11.4. The zero-order valence-corrected chi connectivity index (χ0v) is 21.2. The van der Waals surface area contributed by atoms with Crippen molar-refractivity contribution in [1.29, 1.82) is 0 Å². The normalized spacial score (nSPS) is 13.1.